The molecule has 2 rings (SSSR count). The first-order chi connectivity index (χ1) is 10.4. The topological polar surface area (TPSA) is 41.1 Å². The number of amides is 1. The average molecular weight is 378 g/mol. The SMILES string of the molecule is O=C(N[C@@H](Nc1ccccc1)C(Cl)(Cl)Cl)c1ccccc1Cl. The Morgan fingerprint density at radius 3 is 2.14 bits per heavy atom. The molecule has 22 heavy (non-hydrogen) atoms. The zero-order chi connectivity index (χ0) is 16.2. The molecule has 0 aliphatic carbocycles. The van der Waals surface area contributed by atoms with E-state index in [-0.39, 0.29) is 0 Å². The Morgan fingerprint density at radius 2 is 1.55 bits per heavy atom. The van der Waals surface area contributed by atoms with Crippen LogP contribution in [0, 0.1) is 0 Å². The van der Waals surface area contributed by atoms with Crippen molar-refractivity contribution in [3.05, 3.63) is 65.2 Å². The molecule has 3 nitrogen and oxygen atoms in total. The van der Waals surface area contributed by atoms with Gasteiger partial charge in [0.1, 0.15) is 6.17 Å². The van der Waals surface area contributed by atoms with E-state index in [9.17, 15) is 4.79 Å². The van der Waals surface area contributed by atoms with E-state index in [1.54, 1.807) is 36.4 Å². The average Bonchev–Trinajstić information content (AvgIpc) is 2.47. The fourth-order valence-corrected chi connectivity index (χ4v) is 2.30. The van der Waals surface area contributed by atoms with Gasteiger partial charge in [0, 0.05) is 5.69 Å². The minimum absolute atomic E-state index is 0.304. The molecular weight excluding hydrogens is 366 g/mol. The lowest BCUT2D eigenvalue weighted by Crippen LogP contribution is -2.49. The molecule has 2 aromatic rings. The predicted molar refractivity (Wildman–Crippen MR) is 93.1 cm³/mol. The van der Waals surface area contributed by atoms with Gasteiger partial charge in [0.15, 0.2) is 0 Å². The molecule has 0 radical (unpaired) electrons. The van der Waals surface area contributed by atoms with Crippen LogP contribution < -0.4 is 10.6 Å². The summed E-state index contributed by atoms with van der Waals surface area (Å²) in [4.78, 5) is 12.3. The summed E-state index contributed by atoms with van der Waals surface area (Å²) in [6, 6.07) is 15.7. The Bertz CT molecular complexity index is 643. The number of para-hydroxylation sites is 1. The van der Waals surface area contributed by atoms with Gasteiger partial charge in [-0.3, -0.25) is 4.79 Å². The smallest absolute Gasteiger partial charge is 0.254 e. The molecule has 0 bridgehead atoms. The van der Waals surface area contributed by atoms with Crippen LogP contribution in [0.2, 0.25) is 5.02 Å². The molecule has 116 valence electrons. The minimum Gasteiger partial charge on any atom is -0.362 e. The molecule has 1 amide bonds. The number of carbonyl (C=O) groups excluding carboxylic acids is 1. The Morgan fingerprint density at radius 1 is 0.955 bits per heavy atom. The van der Waals surface area contributed by atoms with E-state index in [1.165, 1.54) is 0 Å². The van der Waals surface area contributed by atoms with Crippen LogP contribution in [0.4, 0.5) is 5.69 Å². The molecule has 2 aromatic carbocycles. The zero-order valence-electron chi connectivity index (χ0n) is 11.2. The van der Waals surface area contributed by atoms with Crippen molar-refractivity contribution < 1.29 is 4.79 Å². The molecule has 0 aliphatic rings. The Kier molecular flexibility index (Phi) is 5.81. The second-order valence-electron chi connectivity index (χ2n) is 4.44. The fraction of sp³-hybridized carbons (Fsp3) is 0.133. The van der Waals surface area contributed by atoms with E-state index in [1.807, 2.05) is 18.2 Å². The molecule has 0 fully saturated rings. The van der Waals surface area contributed by atoms with Gasteiger partial charge in [-0.25, -0.2) is 0 Å². The number of nitrogens with one attached hydrogen (secondary N) is 2. The number of benzene rings is 2. The molecule has 0 unspecified atom stereocenters. The van der Waals surface area contributed by atoms with E-state index in [2.05, 4.69) is 10.6 Å². The second-order valence-corrected chi connectivity index (χ2v) is 7.21. The van der Waals surface area contributed by atoms with Gasteiger partial charge < -0.3 is 10.6 Å². The highest BCUT2D eigenvalue weighted by atomic mass is 35.6. The quantitative estimate of drug-likeness (QED) is 0.588. The van der Waals surface area contributed by atoms with Crippen molar-refractivity contribution in [1.82, 2.24) is 5.32 Å². The lowest BCUT2D eigenvalue weighted by Gasteiger charge is -2.27. The third-order valence-corrected chi connectivity index (χ3v) is 3.79. The summed E-state index contributed by atoms with van der Waals surface area (Å²) in [5.41, 5.74) is 1.01. The van der Waals surface area contributed by atoms with E-state index < -0.39 is 15.9 Å². The van der Waals surface area contributed by atoms with Gasteiger partial charge in [-0.2, -0.15) is 0 Å². The van der Waals surface area contributed by atoms with Gasteiger partial charge in [0.25, 0.3) is 5.91 Å². The Labute approximate surface area is 148 Å². The van der Waals surface area contributed by atoms with E-state index in [0.717, 1.165) is 0 Å². The van der Waals surface area contributed by atoms with E-state index in [4.69, 9.17) is 46.4 Å². The molecule has 0 saturated carbocycles. The van der Waals surface area contributed by atoms with Crippen molar-refractivity contribution in [2.45, 2.75) is 9.96 Å². The van der Waals surface area contributed by atoms with Crippen LogP contribution in [0.3, 0.4) is 0 Å². The normalized spacial score (nSPS) is 12.5. The largest absolute Gasteiger partial charge is 0.362 e. The molecule has 2 N–H and O–H groups in total. The maximum Gasteiger partial charge on any atom is 0.254 e. The second kappa shape index (κ2) is 7.42. The van der Waals surface area contributed by atoms with Crippen LogP contribution in [0.15, 0.2) is 54.6 Å². The van der Waals surface area contributed by atoms with Crippen molar-refractivity contribution in [2.75, 3.05) is 5.32 Å². The molecule has 0 heterocycles. The first-order valence-electron chi connectivity index (χ1n) is 6.31. The van der Waals surface area contributed by atoms with Gasteiger partial charge in [0.2, 0.25) is 3.79 Å². The summed E-state index contributed by atoms with van der Waals surface area (Å²) in [7, 11) is 0. The van der Waals surface area contributed by atoms with Crippen molar-refractivity contribution in [1.29, 1.82) is 0 Å². The van der Waals surface area contributed by atoms with Crippen LogP contribution in [0.25, 0.3) is 0 Å². The Hall–Kier alpha value is -1.13. The van der Waals surface area contributed by atoms with E-state index >= 15 is 0 Å². The van der Waals surface area contributed by atoms with Gasteiger partial charge in [-0.05, 0) is 24.3 Å². The third kappa shape index (κ3) is 4.68. The standard InChI is InChI=1S/C15H12Cl4N2O/c16-12-9-5-4-8-11(12)13(22)21-14(15(17,18)19)20-10-6-2-1-3-7-10/h1-9,14,20H,(H,21,22)/t14-/m1/s1. The lowest BCUT2D eigenvalue weighted by molar-refractivity contribution is 0.0942. The number of hydrogen-bond donors (Lipinski definition) is 2. The van der Waals surface area contributed by atoms with Crippen LogP contribution in [-0.4, -0.2) is 15.9 Å². The number of anilines is 1. The monoisotopic (exact) mass is 376 g/mol. The number of hydrogen-bond acceptors (Lipinski definition) is 2. The lowest BCUT2D eigenvalue weighted by atomic mass is 10.2. The molecule has 1 atom stereocenters. The summed E-state index contributed by atoms with van der Waals surface area (Å²) in [6.07, 6.45) is -0.927. The van der Waals surface area contributed by atoms with Crippen LogP contribution in [-0.2, 0) is 0 Å². The molecular formula is C15H12Cl4N2O. The van der Waals surface area contributed by atoms with Crippen molar-refractivity contribution >= 4 is 58.0 Å². The first-order valence-corrected chi connectivity index (χ1v) is 7.83. The maximum atomic E-state index is 12.3. The molecule has 7 heteroatoms. The summed E-state index contributed by atoms with van der Waals surface area (Å²) in [6.45, 7) is 0. The number of alkyl halides is 3. The number of rotatable bonds is 4. The summed E-state index contributed by atoms with van der Waals surface area (Å²) < 4.78 is -1.74. The highest BCUT2D eigenvalue weighted by Crippen LogP contribution is 2.31. The van der Waals surface area contributed by atoms with Crippen molar-refractivity contribution in [3.8, 4) is 0 Å². The zero-order valence-corrected chi connectivity index (χ0v) is 14.2. The first kappa shape index (κ1) is 17.2. The van der Waals surface area contributed by atoms with Gasteiger partial charge >= 0.3 is 0 Å². The van der Waals surface area contributed by atoms with Gasteiger partial charge in [0.05, 0.1) is 10.6 Å². The number of halogens is 4. The molecule has 0 saturated heterocycles. The highest BCUT2D eigenvalue weighted by Gasteiger charge is 2.34. The fourth-order valence-electron chi connectivity index (χ4n) is 1.75. The molecule has 0 spiro atoms. The number of carbonyl (C=O) groups is 1. The van der Waals surface area contributed by atoms with Crippen LogP contribution >= 0.6 is 46.4 Å². The van der Waals surface area contributed by atoms with Crippen molar-refractivity contribution in [2.24, 2.45) is 0 Å². The summed E-state index contributed by atoms with van der Waals surface area (Å²) >= 11 is 23.8. The van der Waals surface area contributed by atoms with Crippen LogP contribution in [0.5, 0.6) is 0 Å². The van der Waals surface area contributed by atoms with Crippen LogP contribution in [0.1, 0.15) is 10.4 Å². The minimum atomic E-state index is -1.74. The van der Waals surface area contributed by atoms with E-state index in [0.29, 0.717) is 16.3 Å². The molecule has 0 aliphatic heterocycles. The van der Waals surface area contributed by atoms with Crippen molar-refractivity contribution in [3.63, 3.8) is 0 Å². The highest BCUT2D eigenvalue weighted by molar-refractivity contribution is 6.68. The maximum absolute atomic E-state index is 12.3. The summed E-state index contributed by atoms with van der Waals surface area (Å²) in [5.74, 6) is -0.439. The summed E-state index contributed by atoms with van der Waals surface area (Å²) in [5, 5.41) is 5.92. The predicted octanol–water partition coefficient (Wildman–Crippen LogP) is 4.88. The van der Waals surface area contributed by atoms with Gasteiger partial charge in [-0.15, -0.1) is 0 Å². The molecule has 0 aromatic heterocycles. The van der Waals surface area contributed by atoms with Gasteiger partial charge in [-0.1, -0.05) is 76.7 Å². The third-order valence-electron chi connectivity index (χ3n) is 2.81. The Balaban J connectivity index is 2.17.